The van der Waals surface area contributed by atoms with Gasteiger partial charge >= 0.3 is 0 Å². The molecular weight excluding hydrogens is 363 g/mol. The summed E-state index contributed by atoms with van der Waals surface area (Å²) in [5, 5.41) is 0.948. The van der Waals surface area contributed by atoms with Crippen LogP contribution in [-0.2, 0) is 4.79 Å². The molecule has 0 saturated carbocycles. The van der Waals surface area contributed by atoms with Crippen molar-refractivity contribution in [3.63, 3.8) is 0 Å². The molecule has 2 N–H and O–H groups in total. The molecule has 0 radical (unpaired) electrons. The number of amides is 2. The minimum absolute atomic E-state index is 0.208. The van der Waals surface area contributed by atoms with Crippen LogP contribution >= 0.6 is 23.2 Å². The minimum atomic E-state index is -0.360. The molecule has 2 rings (SSSR count). The third-order valence-corrected chi connectivity index (χ3v) is 3.83. The first-order chi connectivity index (χ1) is 12.0. The SMILES string of the molecule is Cc1cccc(C(=O)NNC(=O)CCCOc2ccc(Cl)cc2Cl)c1. The molecule has 0 unspecified atom stereocenters. The second-order valence-corrected chi connectivity index (χ2v) is 6.24. The Hall–Kier alpha value is -2.24. The van der Waals surface area contributed by atoms with Gasteiger partial charge in [0.2, 0.25) is 5.91 Å². The van der Waals surface area contributed by atoms with Crippen LogP contribution in [0.5, 0.6) is 5.75 Å². The second kappa shape index (κ2) is 9.30. The van der Waals surface area contributed by atoms with Crippen molar-refractivity contribution in [3.8, 4) is 5.75 Å². The Morgan fingerprint density at radius 1 is 1.08 bits per heavy atom. The van der Waals surface area contributed by atoms with Gasteiger partial charge in [-0.1, -0.05) is 40.9 Å². The molecule has 0 saturated heterocycles. The number of hydrogen-bond donors (Lipinski definition) is 2. The number of ether oxygens (including phenoxy) is 1. The van der Waals surface area contributed by atoms with Crippen LogP contribution in [0.25, 0.3) is 0 Å². The maximum absolute atomic E-state index is 11.9. The van der Waals surface area contributed by atoms with Crippen molar-refractivity contribution in [2.24, 2.45) is 0 Å². The molecule has 0 heterocycles. The van der Waals surface area contributed by atoms with Crippen molar-refractivity contribution < 1.29 is 14.3 Å². The molecule has 7 heteroatoms. The van der Waals surface area contributed by atoms with E-state index in [1.807, 2.05) is 13.0 Å². The lowest BCUT2D eigenvalue weighted by atomic mass is 10.1. The molecule has 132 valence electrons. The molecule has 0 fully saturated rings. The lowest BCUT2D eigenvalue weighted by molar-refractivity contribution is -0.122. The average Bonchev–Trinajstić information content (AvgIpc) is 2.58. The van der Waals surface area contributed by atoms with E-state index in [9.17, 15) is 9.59 Å². The first kappa shape index (κ1) is 19.1. The van der Waals surface area contributed by atoms with E-state index >= 15 is 0 Å². The van der Waals surface area contributed by atoms with Crippen molar-refractivity contribution >= 4 is 35.0 Å². The van der Waals surface area contributed by atoms with Gasteiger partial charge in [-0.3, -0.25) is 20.4 Å². The summed E-state index contributed by atoms with van der Waals surface area (Å²) in [5.74, 6) is -0.146. The Kier molecular flexibility index (Phi) is 7.10. The first-order valence-corrected chi connectivity index (χ1v) is 8.45. The lowest BCUT2D eigenvalue weighted by Crippen LogP contribution is -2.41. The van der Waals surface area contributed by atoms with Gasteiger partial charge in [-0.05, 0) is 43.7 Å². The Morgan fingerprint density at radius 3 is 2.60 bits per heavy atom. The van der Waals surface area contributed by atoms with Crippen LogP contribution in [-0.4, -0.2) is 18.4 Å². The summed E-state index contributed by atoms with van der Waals surface area (Å²) >= 11 is 11.8. The van der Waals surface area contributed by atoms with Gasteiger partial charge in [-0.15, -0.1) is 0 Å². The summed E-state index contributed by atoms with van der Waals surface area (Å²) in [4.78, 5) is 23.6. The normalized spacial score (nSPS) is 10.2. The van der Waals surface area contributed by atoms with Crippen molar-refractivity contribution in [2.75, 3.05) is 6.61 Å². The molecule has 2 amide bonds. The van der Waals surface area contributed by atoms with Gasteiger partial charge in [0.1, 0.15) is 5.75 Å². The standard InChI is InChI=1S/C18H18Cl2N2O3/c1-12-4-2-5-13(10-12)18(24)22-21-17(23)6-3-9-25-16-8-7-14(19)11-15(16)20/h2,4-5,7-8,10-11H,3,6,9H2,1H3,(H,21,23)(H,22,24). The highest BCUT2D eigenvalue weighted by molar-refractivity contribution is 6.35. The predicted octanol–water partition coefficient (Wildman–Crippen LogP) is 3.92. The zero-order chi connectivity index (χ0) is 18.2. The van der Waals surface area contributed by atoms with Crippen LogP contribution in [0.4, 0.5) is 0 Å². The van der Waals surface area contributed by atoms with Crippen molar-refractivity contribution in [2.45, 2.75) is 19.8 Å². The molecule has 25 heavy (non-hydrogen) atoms. The van der Waals surface area contributed by atoms with E-state index in [1.54, 1.807) is 36.4 Å². The largest absolute Gasteiger partial charge is 0.492 e. The van der Waals surface area contributed by atoms with Gasteiger partial charge in [0, 0.05) is 17.0 Å². The average molecular weight is 381 g/mol. The number of aryl methyl sites for hydroxylation is 1. The number of rotatable bonds is 6. The second-order valence-electron chi connectivity index (χ2n) is 5.40. The number of carbonyl (C=O) groups is 2. The van der Waals surface area contributed by atoms with Crippen molar-refractivity contribution in [1.82, 2.24) is 10.9 Å². The van der Waals surface area contributed by atoms with E-state index in [2.05, 4.69) is 10.9 Å². The molecule has 0 aliphatic heterocycles. The van der Waals surface area contributed by atoms with Crippen LogP contribution < -0.4 is 15.6 Å². The maximum atomic E-state index is 11.9. The zero-order valence-electron chi connectivity index (χ0n) is 13.6. The van der Waals surface area contributed by atoms with Gasteiger partial charge in [0.25, 0.3) is 5.91 Å². The molecule has 2 aromatic rings. The van der Waals surface area contributed by atoms with Gasteiger partial charge in [-0.2, -0.15) is 0 Å². The highest BCUT2D eigenvalue weighted by Crippen LogP contribution is 2.27. The van der Waals surface area contributed by atoms with Crippen LogP contribution in [0.3, 0.4) is 0 Å². The summed E-state index contributed by atoms with van der Waals surface area (Å²) < 4.78 is 5.49. The Bertz CT molecular complexity index is 766. The van der Waals surface area contributed by atoms with E-state index < -0.39 is 0 Å². The van der Waals surface area contributed by atoms with E-state index in [0.717, 1.165) is 5.56 Å². The highest BCUT2D eigenvalue weighted by atomic mass is 35.5. The van der Waals surface area contributed by atoms with Crippen molar-refractivity contribution in [1.29, 1.82) is 0 Å². The fourth-order valence-corrected chi connectivity index (χ4v) is 2.52. The summed E-state index contributed by atoms with van der Waals surface area (Å²) in [5.41, 5.74) is 6.22. The number of carbonyl (C=O) groups excluding carboxylic acids is 2. The monoisotopic (exact) mass is 380 g/mol. The summed E-state index contributed by atoms with van der Waals surface area (Å²) in [6.45, 7) is 2.21. The molecule has 0 spiro atoms. The smallest absolute Gasteiger partial charge is 0.269 e. The fourth-order valence-electron chi connectivity index (χ4n) is 2.05. The Balaban J connectivity index is 1.68. The van der Waals surface area contributed by atoms with Crippen LogP contribution in [0, 0.1) is 6.92 Å². The molecule has 0 bridgehead atoms. The molecule has 2 aromatic carbocycles. The molecule has 0 atom stereocenters. The molecule has 0 aliphatic rings. The van der Waals surface area contributed by atoms with E-state index in [0.29, 0.717) is 34.4 Å². The predicted molar refractivity (Wildman–Crippen MR) is 98.0 cm³/mol. The molecule has 5 nitrogen and oxygen atoms in total. The number of halogens is 2. The molecular formula is C18H18Cl2N2O3. The van der Waals surface area contributed by atoms with Gasteiger partial charge in [0.05, 0.1) is 11.6 Å². The Labute approximate surface area is 156 Å². The zero-order valence-corrected chi connectivity index (χ0v) is 15.2. The highest BCUT2D eigenvalue weighted by Gasteiger charge is 2.08. The minimum Gasteiger partial charge on any atom is -0.492 e. The van der Waals surface area contributed by atoms with Crippen LogP contribution in [0.2, 0.25) is 10.0 Å². The third kappa shape index (κ3) is 6.29. The number of nitrogens with one attached hydrogen (secondary N) is 2. The van der Waals surface area contributed by atoms with Crippen molar-refractivity contribution in [3.05, 3.63) is 63.6 Å². The van der Waals surface area contributed by atoms with Gasteiger partial charge in [0.15, 0.2) is 0 Å². The summed E-state index contributed by atoms with van der Waals surface area (Å²) in [6.07, 6.45) is 0.685. The van der Waals surface area contributed by atoms with Gasteiger partial charge < -0.3 is 4.74 Å². The first-order valence-electron chi connectivity index (χ1n) is 7.69. The quantitative estimate of drug-likeness (QED) is 0.589. The summed E-state index contributed by atoms with van der Waals surface area (Å²) in [7, 11) is 0. The van der Waals surface area contributed by atoms with Gasteiger partial charge in [-0.25, -0.2) is 0 Å². The molecule has 0 aliphatic carbocycles. The summed E-state index contributed by atoms with van der Waals surface area (Å²) in [6, 6.07) is 12.0. The van der Waals surface area contributed by atoms with E-state index in [4.69, 9.17) is 27.9 Å². The third-order valence-electron chi connectivity index (χ3n) is 3.30. The fraction of sp³-hybridized carbons (Fsp3) is 0.222. The number of benzene rings is 2. The maximum Gasteiger partial charge on any atom is 0.269 e. The van der Waals surface area contributed by atoms with Crippen LogP contribution in [0.1, 0.15) is 28.8 Å². The van der Waals surface area contributed by atoms with E-state index in [-0.39, 0.29) is 18.2 Å². The lowest BCUT2D eigenvalue weighted by Gasteiger charge is -2.09. The van der Waals surface area contributed by atoms with Crippen LogP contribution in [0.15, 0.2) is 42.5 Å². The number of hydrogen-bond acceptors (Lipinski definition) is 3. The molecule has 0 aromatic heterocycles. The Morgan fingerprint density at radius 2 is 1.88 bits per heavy atom. The topological polar surface area (TPSA) is 67.4 Å². The van der Waals surface area contributed by atoms with E-state index in [1.165, 1.54) is 0 Å². The number of hydrazine groups is 1.